The molecule has 11 heteroatoms. The van der Waals surface area contributed by atoms with Crippen molar-refractivity contribution in [2.45, 2.75) is 37.4 Å². The van der Waals surface area contributed by atoms with Gasteiger partial charge in [0.1, 0.15) is 29.1 Å². The van der Waals surface area contributed by atoms with E-state index in [0.717, 1.165) is 17.1 Å². The summed E-state index contributed by atoms with van der Waals surface area (Å²) in [7, 11) is -0.424. The minimum Gasteiger partial charge on any atom is -0.497 e. The number of sulfonamides is 1. The molecule has 0 aromatic heterocycles. The maximum atomic E-state index is 13.8. The summed E-state index contributed by atoms with van der Waals surface area (Å²) in [5.74, 6) is 2.00. The fraction of sp³-hybridized carbons (Fsp3) is 0.306. The van der Waals surface area contributed by atoms with Gasteiger partial charge in [-0.1, -0.05) is 37.3 Å². The van der Waals surface area contributed by atoms with E-state index in [2.05, 4.69) is 9.62 Å². The zero-order valence-electron chi connectivity index (χ0n) is 27.0. The van der Waals surface area contributed by atoms with Crippen molar-refractivity contribution in [3.63, 3.8) is 0 Å². The number of nitrogens with zero attached hydrogens (tertiary/aromatic N) is 2. The number of hydrogen-bond acceptors (Lipinski definition) is 8. The second kappa shape index (κ2) is 14.9. The number of anilines is 1. The van der Waals surface area contributed by atoms with E-state index in [0.29, 0.717) is 31.1 Å². The number of para-hydroxylation sites is 1. The number of aliphatic hydroxyl groups is 1. The van der Waals surface area contributed by atoms with Crippen molar-refractivity contribution in [1.29, 1.82) is 0 Å². The summed E-state index contributed by atoms with van der Waals surface area (Å²) in [6.45, 7) is 5.17. The molecule has 0 saturated heterocycles. The van der Waals surface area contributed by atoms with Gasteiger partial charge >= 0.3 is 0 Å². The Kier molecular flexibility index (Phi) is 10.7. The maximum Gasteiger partial charge on any atom is 0.261 e. The summed E-state index contributed by atoms with van der Waals surface area (Å²) in [6, 6.07) is 27.8. The van der Waals surface area contributed by atoms with Crippen LogP contribution in [-0.2, 0) is 16.6 Å². The SMILES string of the molecule is COc1ccc(S(=O)(=O)Nc2ccc3c(c2)C(=O)N([C@@H](C)CO)C[C@@H](C)[C@@H](CN(C)Cc2ccc(Oc4ccccc4)cc2)O3)cc1. The molecule has 4 aromatic rings. The molecule has 4 aromatic carbocycles. The summed E-state index contributed by atoms with van der Waals surface area (Å²) in [5.41, 5.74) is 1.54. The highest BCUT2D eigenvalue weighted by molar-refractivity contribution is 7.92. The van der Waals surface area contributed by atoms with Crippen molar-refractivity contribution in [1.82, 2.24) is 9.80 Å². The summed E-state index contributed by atoms with van der Waals surface area (Å²) in [6.07, 6.45) is -0.303. The van der Waals surface area contributed by atoms with Gasteiger partial charge in [-0.3, -0.25) is 14.4 Å². The largest absolute Gasteiger partial charge is 0.497 e. The molecule has 0 unspecified atom stereocenters. The third-order valence-corrected chi connectivity index (χ3v) is 9.53. The third kappa shape index (κ3) is 8.42. The fourth-order valence-electron chi connectivity index (χ4n) is 5.44. The van der Waals surface area contributed by atoms with Crippen LogP contribution in [0.1, 0.15) is 29.8 Å². The molecule has 1 aliphatic rings. The number of likely N-dealkylation sites (N-methyl/N-ethyl adjacent to an activating group) is 1. The Morgan fingerprint density at radius 3 is 2.30 bits per heavy atom. The number of nitrogens with one attached hydrogen (secondary N) is 1. The van der Waals surface area contributed by atoms with Crippen molar-refractivity contribution < 1.29 is 32.5 Å². The van der Waals surface area contributed by atoms with Gasteiger partial charge in [-0.2, -0.15) is 0 Å². The number of aliphatic hydroxyl groups excluding tert-OH is 1. The lowest BCUT2D eigenvalue weighted by atomic mass is 9.99. The number of benzene rings is 4. The van der Waals surface area contributed by atoms with Crippen LogP contribution in [0.15, 0.2) is 102 Å². The molecule has 5 rings (SSSR count). The minimum atomic E-state index is -3.94. The van der Waals surface area contributed by atoms with E-state index in [4.69, 9.17) is 14.2 Å². The topological polar surface area (TPSA) is 118 Å². The summed E-state index contributed by atoms with van der Waals surface area (Å²) < 4.78 is 46.4. The first-order chi connectivity index (χ1) is 22.6. The molecular formula is C36H41N3O7S. The molecule has 0 spiro atoms. The summed E-state index contributed by atoms with van der Waals surface area (Å²) in [5, 5.41) is 10.0. The molecule has 0 radical (unpaired) electrons. The van der Waals surface area contributed by atoms with Gasteiger partial charge < -0.3 is 24.2 Å². The van der Waals surface area contributed by atoms with Crippen LogP contribution in [0.4, 0.5) is 5.69 Å². The molecule has 3 atom stereocenters. The predicted octanol–water partition coefficient (Wildman–Crippen LogP) is 5.64. The molecule has 1 heterocycles. The highest BCUT2D eigenvalue weighted by atomic mass is 32.2. The Balaban J connectivity index is 1.33. The van der Waals surface area contributed by atoms with Gasteiger partial charge in [0.15, 0.2) is 0 Å². The Bertz CT molecular complexity index is 1750. The van der Waals surface area contributed by atoms with Crippen molar-refractivity contribution in [3.8, 4) is 23.0 Å². The van der Waals surface area contributed by atoms with E-state index in [9.17, 15) is 18.3 Å². The van der Waals surface area contributed by atoms with Gasteiger partial charge in [-0.05, 0) is 86.3 Å². The highest BCUT2D eigenvalue weighted by Gasteiger charge is 2.34. The van der Waals surface area contributed by atoms with E-state index in [1.807, 2.05) is 68.6 Å². The van der Waals surface area contributed by atoms with Gasteiger partial charge in [0.05, 0.1) is 30.2 Å². The number of ether oxygens (including phenoxy) is 3. The van der Waals surface area contributed by atoms with Crippen molar-refractivity contribution in [3.05, 3.63) is 108 Å². The number of carbonyl (C=O) groups is 1. The normalized spacial score (nSPS) is 17.2. The van der Waals surface area contributed by atoms with Crippen LogP contribution in [0.25, 0.3) is 0 Å². The fourth-order valence-corrected chi connectivity index (χ4v) is 6.49. The number of amides is 1. The van der Waals surface area contributed by atoms with E-state index >= 15 is 0 Å². The van der Waals surface area contributed by atoms with Crippen LogP contribution in [0.3, 0.4) is 0 Å². The van der Waals surface area contributed by atoms with Crippen molar-refractivity contribution in [2.75, 3.05) is 38.6 Å². The minimum absolute atomic E-state index is 0.0541. The van der Waals surface area contributed by atoms with Crippen LogP contribution in [0, 0.1) is 5.92 Å². The lowest BCUT2D eigenvalue weighted by Crippen LogP contribution is -2.49. The lowest BCUT2D eigenvalue weighted by molar-refractivity contribution is 0.0341. The molecule has 0 aliphatic carbocycles. The van der Waals surface area contributed by atoms with Crippen LogP contribution in [-0.4, -0.2) is 75.2 Å². The van der Waals surface area contributed by atoms with E-state index < -0.39 is 16.1 Å². The van der Waals surface area contributed by atoms with Gasteiger partial charge in [0, 0.05) is 31.2 Å². The number of methoxy groups -OCH3 is 1. The first-order valence-electron chi connectivity index (χ1n) is 15.5. The second-order valence-corrected chi connectivity index (χ2v) is 13.6. The monoisotopic (exact) mass is 659 g/mol. The van der Waals surface area contributed by atoms with Gasteiger partial charge in [-0.15, -0.1) is 0 Å². The standard InChI is InChI=1S/C36H41N3O7S/c1-25-21-39(26(2)24-40)36(41)33-20-28(37-47(42,43)32-17-15-29(44-4)16-18-32)12-19-34(33)46-35(25)23-38(3)22-27-10-13-31(14-11-27)45-30-8-6-5-7-9-30/h5-20,25-26,35,37,40H,21-24H2,1-4H3/t25-,26+,35-/m1/s1. The average molecular weight is 660 g/mol. The number of fused-ring (bicyclic) bond motifs is 1. The van der Waals surface area contributed by atoms with Gasteiger partial charge in [-0.25, -0.2) is 8.42 Å². The highest BCUT2D eigenvalue weighted by Crippen LogP contribution is 2.32. The van der Waals surface area contributed by atoms with Gasteiger partial charge in [0.25, 0.3) is 15.9 Å². The quantitative estimate of drug-likeness (QED) is 0.201. The molecule has 2 N–H and O–H groups in total. The van der Waals surface area contributed by atoms with Crippen molar-refractivity contribution >= 4 is 21.6 Å². The van der Waals surface area contributed by atoms with Crippen molar-refractivity contribution in [2.24, 2.45) is 5.92 Å². The Hall–Kier alpha value is -4.58. The second-order valence-electron chi connectivity index (χ2n) is 11.9. The molecule has 248 valence electrons. The van der Waals surface area contributed by atoms with Crippen LogP contribution >= 0.6 is 0 Å². The number of hydrogen-bond donors (Lipinski definition) is 2. The first-order valence-corrected chi connectivity index (χ1v) is 16.9. The predicted molar refractivity (Wildman–Crippen MR) is 181 cm³/mol. The molecule has 1 aliphatic heterocycles. The van der Waals surface area contributed by atoms with Crippen LogP contribution < -0.4 is 18.9 Å². The zero-order valence-corrected chi connectivity index (χ0v) is 27.8. The smallest absolute Gasteiger partial charge is 0.261 e. The third-order valence-electron chi connectivity index (χ3n) is 8.13. The molecule has 10 nitrogen and oxygen atoms in total. The molecule has 0 bridgehead atoms. The summed E-state index contributed by atoms with van der Waals surface area (Å²) in [4.78, 5) is 17.7. The van der Waals surface area contributed by atoms with E-state index in [-0.39, 0.29) is 40.7 Å². The average Bonchev–Trinajstić information content (AvgIpc) is 3.07. The van der Waals surface area contributed by atoms with E-state index in [1.54, 1.807) is 36.1 Å². The Morgan fingerprint density at radius 2 is 1.64 bits per heavy atom. The zero-order chi connectivity index (χ0) is 33.6. The maximum absolute atomic E-state index is 13.8. The number of carbonyl (C=O) groups excluding carboxylic acids is 1. The Labute approximate surface area is 276 Å². The van der Waals surface area contributed by atoms with E-state index in [1.165, 1.54) is 25.3 Å². The molecular weight excluding hydrogens is 618 g/mol. The lowest BCUT2D eigenvalue weighted by Gasteiger charge is -2.38. The molecule has 0 fully saturated rings. The molecule has 0 saturated carbocycles. The van der Waals surface area contributed by atoms with Gasteiger partial charge in [0.2, 0.25) is 0 Å². The Morgan fingerprint density at radius 1 is 0.979 bits per heavy atom. The van der Waals surface area contributed by atoms with Crippen LogP contribution in [0.5, 0.6) is 23.0 Å². The number of rotatable bonds is 12. The summed E-state index contributed by atoms with van der Waals surface area (Å²) >= 11 is 0. The van der Waals surface area contributed by atoms with Crippen LogP contribution in [0.2, 0.25) is 0 Å². The molecule has 1 amide bonds. The first kappa shape index (κ1) is 33.8. The molecule has 47 heavy (non-hydrogen) atoms.